The van der Waals surface area contributed by atoms with Gasteiger partial charge in [-0.15, -0.1) is 0 Å². The van der Waals surface area contributed by atoms with E-state index in [0.717, 1.165) is 38.7 Å². The van der Waals surface area contributed by atoms with Crippen molar-refractivity contribution in [2.45, 2.75) is 20.8 Å². The Morgan fingerprint density at radius 3 is 2.55 bits per heavy atom. The highest BCUT2D eigenvalue weighted by Crippen LogP contribution is 2.23. The molecule has 0 bridgehead atoms. The zero-order valence-electron chi connectivity index (χ0n) is 12.7. The number of guanidine groups is 1. The highest BCUT2D eigenvalue weighted by atomic mass is 15.4. The lowest BCUT2D eigenvalue weighted by Gasteiger charge is -2.38. The second kappa shape index (κ2) is 6.61. The standard InChI is InChI=1S/C15H25N5/c1-4-17-15(18-16)20-10-8-19(9-11-20)14-7-5-6-12(2)13(14)3/h5-7H,4,8-11,16H2,1-3H3,(H,17,18). The minimum absolute atomic E-state index is 0.747. The van der Waals surface area contributed by atoms with Gasteiger partial charge >= 0.3 is 0 Å². The molecule has 0 radical (unpaired) electrons. The number of hydrazine groups is 1. The second-order valence-electron chi connectivity index (χ2n) is 5.14. The summed E-state index contributed by atoms with van der Waals surface area (Å²) in [7, 11) is 0. The Morgan fingerprint density at radius 1 is 1.25 bits per heavy atom. The van der Waals surface area contributed by atoms with Gasteiger partial charge in [-0.1, -0.05) is 12.1 Å². The molecule has 20 heavy (non-hydrogen) atoms. The summed E-state index contributed by atoms with van der Waals surface area (Å²) < 4.78 is 0. The molecule has 0 atom stereocenters. The molecule has 1 saturated heterocycles. The van der Waals surface area contributed by atoms with Crippen molar-refractivity contribution in [3.05, 3.63) is 29.3 Å². The monoisotopic (exact) mass is 275 g/mol. The maximum absolute atomic E-state index is 5.54. The predicted molar refractivity (Wildman–Crippen MR) is 85.0 cm³/mol. The molecule has 1 aliphatic rings. The zero-order chi connectivity index (χ0) is 14.5. The molecule has 0 spiro atoms. The fourth-order valence-corrected chi connectivity index (χ4v) is 2.62. The number of aliphatic imine (C=N–C) groups is 1. The SMILES string of the molecule is CCN=C(NN)N1CCN(c2cccc(C)c2C)CC1. The summed E-state index contributed by atoms with van der Waals surface area (Å²) in [5.41, 5.74) is 6.78. The molecule has 0 unspecified atom stereocenters. The summed E-state index contributed by atoms with van der Waals surface area (Å²) in [4.78, 5) is 9.04. The smallest absolute Gasteiger partial charge is 0.208 e. The fourth-order valence-electron chi connectivity index (χ4n) is 2.62. The Bertz CT molecular complexity index is 475. The molecule has 0 amide bonds. The molecule has 0 aromatic heterocycles. The first-order valence-electron chi connectivity index (χ1n) is 7.24. The summed E-state index contributed by atoms with van der Waals surface area (Å²) in [5, 5.41) is 0. The molecule has 0 saturated carbocycles. The van der Waals surface area contributed by atoms with Gasteiger partial charge in [0.05, 0.1) is 0 Å². The average Bonchev–Trinajstić information content (AvgIpc) is 2.48. The molecular weight excluding hydrogens is 250 g/mol. The fraction of sp³-hybridized carbons (Fsp3) is 0.533. The van der Waals surface area contributed by atoms with Gasteiger partial charge in [0.2, 0.25) is 5.96 Å². The summed E-state index contributed by atoms with van der Waals surface area (Å²) >= 11 is 0. The molecule has 2 rings (SSSR count). The third-order valence-electron chi connectivity index (χ3n) is 3.93. The first-order valence-corrected chi connectivity index (χ1v) is 7.24. The van der Waals surface area contributed by atoms with Crippen molar-refractivity contribution >= 4 is 11.6 Å². The number of aryl methyl sites for hydroxylation is 1. The van der Waals surface area contributed by atoms with Crippen LogP contribution >= 0.6 is 0 Å². The van der Waals surface area contributed by atoms with E-state index >= 15 is 0 Å². The van der Waals surface area contributed by atoms with Gasteiger partial charge < -0.3 is 9.80 Å². The Morgan fingerprint density at radius 2 is 1.95 bits per heavy atom. The van der Waals surface area contributed by atoms with E-state index in [4.69, 9.17) is 5.84 Å². The number of piperazine rings is 1. The molecule has 0 aliphatic carbocycles. The van der Waals surface area contributed by atoms with Crippen LogP contribution in [0.3, 0.4) is 0 Å². The van der Waals surface area contributed by atoms with Crippen molar-refractivity contribution in [1.82, 2.24) is 10.3 Å². The average molecular weight is 275 g/mol. The van der Waals surface area contributed by atoms with Crippen LogP contribution in [0, 0.1) is 13.8 Å². The lowest BCUT2D eigenvalue weighted by Crippen LogP contribution is -2.54. The van der Waals surface area contributed by atoms with E-state index in [9.17, 15) is 0 Å². The van der Waals surface area contributed by atoms with E-state index in [1.165, 1.54) is 16.8 Å². The minimum Gasteiger partial charge on any atom is -0.368 e. The third-order valence-corrected chi connectivity index (χ3v) is 3.93. The Balaban J connectivity index is 2.04. The van der Waals surface area contributed by atoms with Crippen molar-refractivity contribution in [1.29, 1.82) is 0 Å². The molecule has 1 aliphatic heterocycles. The molecular formula is C15H25N5. The van der Waals surface area contributed by atoms with Crippen LogP contribution < -0.4 is 16.2 Å². The number of nitrogens with one attached hydrogen (secondary N) is 1. The molecule has 5 heteroatoms. The van der Waals surface area contributed by atoms with Crippen LogP contribution in [0.15, 0.2) is 23.2 Å². The van der Waals surface area contributed by atoms with Gasteiger partial charge in [0.25, 0.3) is 0 Å². The molecule has 1 heterocycles. The molecule has 110 valence electrons. The van der Waals surface area contributed by atoms with Gasteiger partial charge in [0, 0.05) is 38.4 Å². The molecule has 1 aromatic carbocycles. The Kier molecular flexibility index (Phi) is 4.84. The van der Waals surface area contributed by atoms with Gasteiger partial charge in [0.1, 0.15) is 0 Å². The second-order valence-corrected chi connectivity index (χ2v) is 5.14. The van der Waals surface area contributed by atoms with Crippen molar-refractivity contribution in [3.8, 4) is 0 Å². The van der Waals surface area contributed by atoms with Crippen LogP contribution in [0.1, 0.15) is 18.1 Å². The van der Waals surface area contributed by atoms with E-state index in [1.807, 2.05) is 6.92 Å². The number of benzene rings is 1. The van der Waals surface area contributed by atoms with Gasteiger partial charge in [0.15, 0.2) is 0 Å². The zero-order valence-corrected chi connectivity index (χ0v) is 12.7. The molecule has 5 nitrogen and oxygen atoms in total. The van der Waals surface area contributed by atoms with E-state index < -0.39 is 0 Å². The number of rotatable bonds is 2. The molecule has 1 fully saturated rings. The number of hydrogen-bond donors (Lipinski definition) is 2. The number of nitrogens with two attached hydrogens (primary N) is 1. The van der Waals surface area contributed by atoms with E-state index in [1.54, 1.807) is 0 Å². The largest absolute Gasteiger partial charge is 0.368 e. The molecule has 1 aromatic rings. The minimum atomic E-state index is 0.747. The summed E-state index contributed by atoms with van der Waals surface area (Å²) in [6, 6.07) is 6.51. The summed E-state index contributed by atoms with van der Waals surface area (Å²) in [6.45, 7) is 11.0. The van der Waals surface area contributed by atoms with E-state index in [-0.39, 0.29) is 0 Å². The Labute approximate surface area is 121 Å². The summed E-state index contributed by atoms with van der Waals surface area (Å²) in [5.74, 6) is 6.34. The molecule has 3 N–H and O–H groups in total. The highest BCUT2D eigenvalue weighted by molar-refractivity contribution is 5.79. The number of nitrogens with zero attached hydrogens (tertiary/aromatic N) is 3. The van der Waals surface area contributed by atoms with Crippen LogP contribution in [0.5, 0.6) is 0 Å². The number of anilines is 1. The van der Waals surface area contributed by atoms with Crippen molar-refractivity contribution in [2.75, 3.05) is 37.6 Å². The van der Waals surface area contributed by atoms with Crippen LogP contribution in [0.25, 0.3) is 0 Å². The van der Waals surface area contributed by atoms with Gasteiger partial charge in [-0.2, -0.15) is 0 Å². The van der Waals surface area contributed by atoms with Gasteiger partial charge in [-0.25, -0.2) is 5.84 Å². The van der Waals surface area contributed by atoms with Crippen LogP contribution in [-0.4, -0.2) is 43.6 Å². The van der Waals surface area contributed by atoms with Crippen LogP contribution in [-0.2, 0) is 0 Å². The van der Waals surface area contributed by atoms with Crippen LogP contribution in [0.4, 0.5) is 5.69 Å². The lowest BCUT2D eigenvalue weighted by molar-refractivity contribution is 0.372. The predicted octanol–water partition coefficient (Wildman–Crippen LogP) is 1.26. The van der Waals surface area contributed by atoms with Crippen molar-refractivity contribution < 1.29 is 0 Å². The summed E-state index contributed by atoms with van der Waals surface area (Å²) in [6.07, 6.45) is 0. The van der Waals surface area contributed by atoms with E-state index in [0.29, 0.717) is 0 Å². The highest BCUT2D eigenvalue weighted by Gasteiger charge is 2.20. The lowest BCUT2D eigenvalue weighted by atomic mass is 10.1. The maximum atomic E-state index is 5.54. The van der Waals surface area contributed by atoms with E-state index in [2.05, 4.69) is 52.3 Å². The third kappa shape index (κ3) is 3.04. The first kappa shape index (κ1) is 14.7. The topological polar surface area (TPSA) is 56.9 Å². The van der Waals surface area contributed by atoms with Gasteiger partial charge in [-0.05, 0) is 38.0 Å². The maximum Gasteiger partial charge on any atom is 0.208 e. The van der Waals surface area contributed by atoms with Crippen molar-refractivity contribution in [2.24, 2.45) is 10.8 Å². The van der Waals surface area contributed by atoms with Crippen LogP contribution in [0.2, 0.25) is 0 Å². The van der Waals surface area contributed by atoms with Crippen molar-refractivity contribution in [3.63, 3.8) is 0 Å². The number of hydrogen-bond acceptors (Lipinski definition) is 3. The quantitative estimate of drug-likeness (QED) is 0.369. The van der Waals surface area contributed by atoms with Gasteiger partial charge in [-0.3, -0.25) is 10.4 Å². The normalized spacial score (nSPS) is 16.5. The Hall–Kier alpha value is -1.75. The first-order chi connectivity index (χ1) is 9.67.